The third kappa shape index (κ3) is 3.25. The van der Waals surface area contributed by atoms with Gasteiger partial charge in [0.15, 0.2) is 0 Å². The van der Waals surface area contributed by atoms with E-state index in [0.717, 1.165) is 13.0 Å². The zero-order valence-corrected chi connectivity index (χ0v) is 8.77. The number of hydrogen-bond acceptors (Lipinski definition) is 4. The van der Waals surface area contributed by atoms with E-state index < -0.39 is 0 Å². The second-order valence-electron chi connectivity index (χ2n) is 3.57. The summed E-state index contributed by atoms with van der Waals surface area (Å²) in [4.78, 5) is 18.2. The Kier molecular flexibility index (Phi) is 4.31. The van der Waals surface area contributed by atoms with Crippen LogP contribution in [0.25, 0.3) is 0 Å². The van der Waals surface area contributed by atoms with E-state index in [-0.39, 0.29) is 12.0 Å². The number of nitrogens with zero attached hydrogens (tertiary/aromatic N) is 2. The summed E-state index contributed by atoms with van der Waals surface area (Å²) < 4.78 is 0. The molecule has 0 aromatic heterocycles. The summed E-state index contributed by atoms with van der Waals surface area (Å²) in [5.41, 5.74) is 0. The molecular formula is C9H18N2O3. The summed E-state index contributed by atoms with van der Waals surface area (Å²) in [5, 5.41) is 10.5. The second kappa shape index (κ2) is 5.29. The molecule has 1 rings (SSSR count). The molecule has 1 aliphatic rings. The number of aliphatic hydroxyl groups excluding tert-OH is 1. The van der Waals surface area contributed by atoms with Crippen molar-refractivity contribution in [3.8, 4) is 0 Å². The molecule has 0 aliphatic carbocycles. The van der Waals surface area contributed by atoms with Crippen LogP contribution in [-0.4, -0.2) is 60.9 Å². The average Bonchev–Trinajstić information content (AvgIpc) is 2.59. The molecular weight excluding hydrogens is 184 g/mol. The lowest BCUT2D eigenvalue weighted by Gasteiger charge is -2.17. The SMILES string of the molecule is CON(C)C(=O)CCN1CCC(O)C1. The minimum absolute atomic E-state index is 0.0334. The molecule has 14 heavy (non-hydrogen) atoms. The first-order chi connectivity index (χ1) is 6.63. The third-order valence-electron chi connectivity index (χ3n) is 2.51. The first-order valence-corrected chi connectivity index (χ1v) is 4.84. The number of β-amino-alcohol motifs (C(OH)–C–C–N with tert-alkyl or cyclic N) is 1. The van der Waals surface area contributed by atoms with E-state index in [1.807, 2.05) is 0 Å². The van der Waals surface area contributed by atoms with Gasteiger partial charge < -0.3 is 10.0 Å². The van der Waals surface area contributed by atoms with Crippen molar-refractivity contribution in [3.63, 3.8) is 0 Å². The zero-order chi connectivity index (χ0) is 10.6. The molecule has 5 nitrogen and oxygen atoms in total. The van der Waals surface area contributed by atoms with Gasteiger partial charge in [-0.3, -0.25) is 9.63 Å². The van der Waals surface area contributed by atoms with Gasteiger partial charge in [-0.15, -0.1) is 0 Å². The zero-order valence-electron chi connectivity index (χ0n) is 8.77. The average molecular weight is 202 g/mol. The summed E-state index contributed by atoms with van der Waals surface area (Å²) in [7, 11) is 3.07. The first kappa shape index (κ1) is 11.4. The maximum absolute atomic E-state index is 11.3. The summed E-state index contributed by atoms with van der Waals surface area (Å²) in [5.74, 6) is -0.0334. The van der Waals surface area contributed by atoms with Gasteiger partial charge in [-0.25, -0.2) is 5.06 Å². The fourth-order valence-corrected chi connectivity index (χ4v) is 1.53. The second-order valence-corrected chi connectivity index (χ2v) is 3.57. The molecule has 5 heteroatoms. The molecule has 1 aliphatic heterocycles. The molecule has 0 bridgehead atoms. The van der Waals surface area contributed by atoms with E-state index in [2.05, 4.69) is 4.90 Å². The maximum atomic E-state index is 11.3. The first-order valence-electron chi connectivity index (χ1n) is 4.84. The van der Waals surface area contributed by atoms with Crippen molar-refractivity contribution in [3.05, 3.63) is 0 Å². The molecule has 1 heterocycles. The van der Waals surface area contributed by atoms with E-state index in [4.69, 9.17) is 4.84 Å². The van der Waals surface area contributed by atoms with Gasteiger partial charge in [0.25, 0.3) is 0 Å². The van der Waals surface area contributed by atoms with Crippen LogP contribution in [0.5, 0.6) is 0 Å². The fourth-order valence-electron chi connectivity index (χ4n) is 1.53. The maximum Gasteiger partial charge on any atom is 0.247 e. The molecule has 1 atom stereocenters. The van der Waals surface area contributed by atoms with Crippen molar-refractivity contribution in [1.82, 2.24) is 9.96 Å². The van der Waals surface area contributed by atoms with Crippen LogP contribution in [0, 0.1) is 0 Å². The molecule has 0 saturated carbocycles. The lowest BCUT2D eigenvalue weighted by Crippen LogP contribution is -2.31. The fraction of sp³-hybridized carbons (Fsp3) is 0.889. The van der Waals surface area contributed by atoms with Crippen LogP contribution in [-0.2, 0) is 9.63 Å². The summed E-state index contributed by atoms with van der Waals surface area (Å²) in [6.07, 6.45) is 1.04. The molecule has 1 saturated heterocycles. The minimum Gasteiger partial charge on any atom is -0.392 e. The number of carbonyl (C=O) groups excluding carboxylic acids is 1. The Bertz CT molecular complexity index is 198. The van der Waals surface area contributed by atoms with E-state index in [0.29, 0.717) is 19.5 Å². The van der Waals surface area contributed by atoms with Crippen molar-refractivity contribution < 1.29 is 14.7 Å². The van der Waals surface area contributed by atoms with Crippen LogP contribution in [0.4, 0.5) is 0 Å². The van der Waals surface area contributed by atoms with Crippen LogP contribution >= 0.6 is 0 Å². The Morgan fingerprint density at radius 2 is 2.43 bits per heavy atom. The predicted molar refractivity (Wildman–Crippen MR) is 51.5 cm³/mol. The smallest absolute Gasteiger partial charge is 0.247 e. The third-order valence-corrected chi connectivity index (χ3v) is 2.51. The monoisotopic (exact) mass is 202 g/mol. The largest absolute Gasteiger partial charge is 0.392 e. The van der Waals surface area contributed by atoms with Crippen LogP contribution in [0.1, 0.15) is 12.8 Å². The summed E-state index contributed by atoms with van der Waals surface area (Å²) >= 11 is 0. The molecule has 1 unspecified atom stereocenters. The summed E-state index contributed by atoms with van der Waals surface area (Å²) in [6.45, 7) is 2.26. The molecule has 0 spiro atoms. The molecule has 0 aromatic carbocycles. The van der Waals surface area contributed by atoms with E-state index in [1.54, 1.807) is 7.05 Å². The van der Waals surface area contributed by atoms with Crippen LogP contribution in [0.15, 0.2) is 0 Å². The van der Waals surface area contributed by atoms with E-state index >= 15 is 0 Å². The van der Waals surface area contributed by atoms with Crippen molar-refractivity contribution in [1.29, 1.82) is 0 Å². The highest BCUT2D eigenvalue weighted by Crippen LogP contribution is 2.09. The van der Waals surface area contributed by atoms with Crippen LogP contribution in [0.3, 0.4) is 0 Å². The topological polar surface area (TPSA) is 53.0 Å². The van der Waals surface area contributed by atoms with Gasteiger partial charge in [-0.1, -0.05) is 0 Å². The van der Waals surface area contributed by atoms with Gasteiger partial charge >= 0.3 is 0 Å². The Morgan fingerprint density at radius 1 is 1.71 bits per heavy atom. The molecule has 1 amide bonds. The van der Waals surface area contributed by atoms with E-state index in [9.17, 15) is 9.90 Å². The van der Waals surface area contributed by atoms with E-state index in [1.165, 1.54) is 12.2 Å². The number of likely N-dealkylation sites (tertiary alicyclic amines) is 1. The van der Waals surface area contributed by atoms with Crippen molar-refractivity contribution >= 4 is 5.91 Å². The highest BCUT2D eigenvalue weighted by Gasteiger charge is 2.20. The summed E-state index contributed by atoms with van der Waals surface area (Å²) in [6, 6.07) is 0. The molecule has 1 N–H and O–H groups in total. The van der Waals surface area contributed by atoms with Gasteiger partial charge in [0.05, 0.1) is 13.2 Å². The van der Waals surface area contributed by atoms with Crippen molar-refractivity contribution in [2.45, 2.75) is 18.9 Å². The van der Waals surface area contributed by atoms with Gasteiger partial charge in [-0.05, 0) is 6.42 Å². The molecule has 1 fully saturated rings. The Labute approximate surface area is 84.2 Å². The lowest BCUT2D eigenvalue weighted by molar-refractivity contribution is -0.168. The predicted octanol–water partition coefficient (Wildman–Crippen LogP) is -0.537. The highest BCUT2D eigenvalue weighted by molar-refractivity contribution is 5.74. The number of rotatable bonds is 4. The highest BCUT2D eigenvalue weighted by atomic mass is 16.7. The number of hydrogen-bond donors (Lipinski definition) is 1. The van der Waals surface area contributed by atoms with Crippen molar-refractivity contribution in [2.75, 3.05) is 33.8 Å². The Balaban J connectivity index is 2.17. The number of aliphatic hydroxyl groups is 1. The Hall–Kier alpha value is -0.650. The van der Waals surface area contributed by atoms with Gasteiger partial charge in [0.2, 0.25) is 5.91 Å². The molecule has 0 aromatic rings. The van der Waals surface area contributed by atoms with Crippen molar-refractivity contribution in [2.24, 2.45) is 0 Å². The normalized spacial score (nSPS) is 22.6. The van der Waals surface area contributed by atoms with Crippen LogP contribution in [0.2, 0.25) is 0 Å². The minimum atomic E-state index is -0.217. The number of hydroxylamine groups is 2. The number of carbonyl (C=O) groups is 1. The van der Waals surface area contributed by atoms with Gasteiger partial charge in [0.1, 0.15) is 0 Å². The van der Waals surface area contributed by atoms with Crippen LogP contribution < -0.4 is 0 Å². The van der Waals surface area contributed by atoms with Gasteiger partial charge in [0, 0.05) is 33.1 Å². The number of amides is 1. The lowest BCUT2D eigenvalue weighted by atomic mass is 10.3. The molecule has 0 radical (unpaired) electrons. The standard InChI is InChI=1S/C9H18N2O3/c1-10(14-2)9(13)4-6-11-5-3-8(12)7-11/h8,12H,3-7H2,1-2H3. The van der Waals surface area contributed by atoms with Gasteiger partial charge in [-0.2, -0.15) is 0 Å². The molecule has 82 valence electrons. The Morgan fingerprint density at radius 3 is 2.93 bits per heavy atom. The quantitative estimate of drug-likeness (QED) is 0.622.